The highest BCUT2D eigenvalue weighted by Gasteiger charge is 2.25. The van der Waals surface area contributed by atoms with Crippen molar-refractivity contribution in [2.24, 2.45) is 11.7 Å². The van der Waals surface area contributed by atoms with Gasteiger partial charge in [0.25, 0.3) is 0 Å². The second kappa shape index (κ2) is 9.78. The van der Waals surface area contributed by atoms with Gasteiger partial charge in [-0.3, -0.25) is 19.2 Å². The summed E-state index contributed by atoms with van der Waals surface area (Å²) >= 11 is 0. The van der Waals surface area contributed by atoms with E-state index < -0.39 is 48.4 Å². The van der Waals surface area contributed by atoms with Gasteiger partial charge in [-0.1, -0.05) is 20.3 Å². The topological polar surface area (TPSA) is 151 Å². The Bertz CT molecular complexity index is 454. The first-order valence-electron chi connectivity index (χ1n) is 7.45. The molecule has 0 fully saturated rings. The molecule has 4 atom stereocenters. The van der Waals surface area contributed by atoms with Crippen LogP contribution in [0.25, 0.3) is 0 Å². The largest absolute Gasteiger partial charge is 0.480 e. The van der Waals surface area contributed by atoms with E-state index >= 15 is 0 Å². The average molecular weight is 330 g/mol. The summed E-state index contributed by atoms with van der Waals surface area (Å²) in [5, 5.41) is 15.5. The first-order valence-corrected chi connectivity index (χ1v) is 7.45. The van der Waals surface area contributed by atoms with Gasteiger partial charge in [0.15, 0.2) is 0 Å². The number of aliphatic carboxylic acids is 1. The number of carboxylic acid groups (broad SMARTS) is 1. The van der Waals surface area contributed by atoms with Crippen LogP contribution in [0.4, 0.5) is 0 Å². The third-order valence-electron chi connectivity index (χ3n) is 3.48. The zero-order valence-electron chi connectivity index (χ0n) is 13.9. The second-order valence-corrected chi connectivity index (χ2v) is 5.48. The van der Waals surface area contributed by atoms with E-state index in [9.17, 15) is 19.2 Å². The predicted octanol–water partition coefficient (Wildman–Crippen LogP) is -1.43. The van der Waals surface area contributed by atoms with Crippen molar-refractivity contribution in [1.29, 1.82) is 0 Å². The standard InChI is InChI=1S/C14H26N4O5/c1-5-7(2)11(15)14(23)18-9(4)13(22)17-8(3)12(21)16-6-10(19)20/h7-9,11H,5-6,15H2,1-4H3,(H,16,21)(H,17,22)(H,18,23)(H,19,20). The smallest absolute Gasteiger partial charge is 0.322 e. The monoisotopic (exact) mass is 330 g/mol. The van der Waals surface area contributed by atoms with Crippen LogP contribution in [-0.2, 0) is 19.2 Å². The van der Waals surface area contributed by atoms with Crippen LogP contribution in [0.1, 0.15) is 34.1 Å². The summed E-state index contributed by atoms with van der Waals surface area (Å²) in [6.07, 6.45) is 0.732. The molecule has 0 aromatic carbocycles. The number of nitrogens with one attached hydrogen (secondary N) is 3. The van der Waals surface area contributed by atoms with Gasteiger partial charge in [0.2, 0.25) is 17.7 Å². The fourth-order valence-corrected chi connectivity index (χ4v) is 1.61. The Morgan fingerprint density at radius 1 is 0.957 bits per heavy atom. The molecule has 4 unspecified atom stereocenters. The van der Waals surface area contributed by atoms with Crippen LogP contribution in [0.5, 0.6) is 0 Å². The van der Waals surface area contributed by atoms with Crippen molar-refractivity contribution < 1.29 is 24.3 Å². The van der Waals surface area contributed by atoms with Crippen LogP contribution in [0.2, 0.25) is 0 Å². The number of nitrogens with two attached hydrogens (primary N) is 1. The molecule has 132 valence electrons. The Labute approximate surface area is 135 Å². The molecule has 0 aliphatic carbocycles. The highest BCUT2D eigenvalue weighted by molar-refractivity contribution is 5.93. The Balaban J connectivity index is 4.41. The van der Waals surface area contributed by atoms with Crippen molar-refractivity contribution in [3.63, 3.8) is 0 Å². The average Bonchev–Trinajstić information content (AvgIpc) is 2.50. The van der Waals surface area contributed by atoms with E-state index in [-0.39, 0.29) is 5.92 Å². The van der Waals surface area contributed by atoms with Crippen LogP contribution >= 0.6 is 0 Å². The van der Waals surface area contributed by atoms with Crippen molar-refractivity contribution in [1.82, 2.24) is 16.0 Å². The van der Waals surface area contributed by atoms with E-state index in [2.05, 4.69) is 16.0 Å². The molecule has 0 bridgehead atoms. The summed E-state index contributed by atoms with van der Waals surface area (Å²) in [7, 11) is 0. The molecule has 0 aliphatic rings. The van der Waals surface area contributed by atoms with Crippen LogP contribution in [-0.4, -0.2) is 53.5 Å². The lowest BCUT2D eigenvalue weighted by Crippen LogP contribution is -2.55. The SMILES string of the molecule is CCC(C)C(N)C(=O)NC(C)C(=O)NC(C)C(=O)NCC(=O)O. The number of carbonyl (C=O) groups is 4. The molecule has 0 spiro atoms. The van der Waals surface area contributed by atoms with Gasteiger partial charge in [0.05, 0.1) is 6.04 Å². The molecular weight excluding hydrogens is 304 g/mol. The minimum atomic E-state index is -1.18. The molecule has 0 saturated heterocycles. The number of hydrogen-bond donors (Lipinski definition) is 5. The first-order chi connectivity index (χ1) is 10.6. The minimum Gasteiger partial charge on any atom is -0.480 e. The van der Waals surface area contributed by atoms with Gasteiger partial charge in [-0.05, 0) is 19.8 Å². The van der Waals surface area contributed by atoms with E-state index in [4.69, 9.17) is 10.8 Å². The summed E-state index contributed by atoms with van der Waals surface area (Å²) in [5.74, 6) is -2.84. The Kier molecular flexibility index (Phi) is 8.86. The summed E-state index contributed by atoms with van der Waals surface area (Å²) in [5.41, 5.74) is 5.77. The molecule has 6 N–H and O–H groups in total. The molecule has 0 aromatic heterocycles. The van der Waals surface area contributed by atoms with Gasteiger partial charge < -0.3 is 26.8 Å². The van der Waals surface area contributed by atoms with E-state index in [0.717, 1.165) is 6.42 Å². The van der Waals surface area contributed by atoms with Gasteiger partial charge in [0, 0.05) is 0 Å². The molecule has 9 heteroatoms. The molecule has 0 radical (unpaired) electrons. The number of carbonyl (C=O) groups excluding carboxylic acids is 3. The zero-order valence-corrected chi connectivity index (χ0v) is 13.9. The third-order valence-corrected chi connectivity index (χ3v) is 3.48. The van der Waals surface area contributed by atoms with Crippen molar-refractivity contribution in [3.8, 4) is 0 Å². The maximum absolute atomic E-state index is 11.9. The maximum atomic E-state index is 11.9. The fraction of sp³-hybridized carbons (Fsp3) is 0.714. The maximum Gasteiger partial charge on any atom is 0.322 e. The fourth-order valence-electron chi connectivity index (χ4n) is 1.61. The number of carboxylic acids is 1. The highest BCUT2D eigenvalue weighted by atomic mass is 16.4. The van der Waals surface area contributed by atoms with Crippen molar-refractivity contribution in [3.05, 3.63) is 0 Å². The normalized spacial score (nSPS) is 15.7. The second-order valence-electron chi connectivity index (χ2n) is 5.48. The highest BCUT2D eigenvalue weighted by Crippen LogP contribution is 2.05. The minimum absolute atomic E-state index is 0.0222. The molecular formula is C14H26N4O5. The van der Waals surface area contributed by atoms with Crippen LogP contribution < -0.4 is 21.7 Å². The summed E-state index contributed by atoms with van der Waals surface area (Å²) in [4.78, 5) is 45.8. The number of rotatable bonds is 9. The number of hydrogen-bond acceptors (Lipinski definition) is 5. The quantitative estimate of drug-likeness (QED) is 0.350. The van der Waals surface area contributed by atoms with Gasteiger partial charge in [-0.2, -0.15) is 0 Å². The summed E-state index contributed by atoms with van der Waals surface area (Å²) < 4.78 is 0. The van der Waals surface area contributed by atoms with Crippen molar-refractivity contribution >= 4 is 23.7 Å². The zero-order chi connectivity index (χ0) is 18.2. The van der Waals surface area contributed by atoms with Gasteiger partial charge in [0.1, 0.15) is 18.6 Å². The molecule has 0 heterocycles. The van der Waals surface area contributed by atoms with E-state index in [1.165, 1.54) is 13.8 Å². The van der Waals surface area contributed by atoms with Gasteiger partial charge in [-0.15, -0.1) is 0 Å². The third kappa shape index (κ3) is 7.59. The lowest BCUT2D eigenvalue weighted by molar-refractivity contribution is -0.138. The molecule has 0 aliphatic heterocycles. The van der Waals surface area contributed by atoms with Crippen LogP contribution in [0.3, 0.4) is 0 Å². The number of amides is 3. The van der Waals surface area contributed by atoms with Gasteiger partial charge in [-0.25, -0.2) is 0 Å². The molecule has 9 nitrogen and oxygen atoms in total. The van der Waals surface area contributed by atoms with E-state index in [1.807, 2.05) is 13.8 Å². The van der Waals surface area contributed by atoms with Crippen molar-refractivity contribution in [2.75, 3.05) is 6.54 Å². The Hall–Kier alpha value is -2.16. The molecule has 0 saturated carbocycles. The van der Waals surface area contributed by atoms with Gasteiger partial charge >= 0.3 is 5.97 Å². The lowest BCUT2D eigenvalue weighted by Gasteiger charge is -2.22. The molecule has 23 heavy (non-hydrogen) atoms. The summed E-state index contributed by atoms with van der Waals surface area (Å²) in [6, 6.07) is -2.51. The summed E-state index contributed by atoms with van der Waals surface area (Å²) in [6.45, 7) is 6.09. The Morgan fingerprint density at radius 3 is 1.91 bits per heavy atom. The van der Waals surface area contributed by atoms with E-state index in [0.29, 0.717) is 0 Å². The molecule has 0 rings (SSSR count). The molecule has 0 aromatic rings. The first kappa shape index (κ1) is 20.8. The molecule has 3 amide bonds. The lowest BCUT2D eigenvalue weighted by atomic mass is 9.99. The predicted molar refractivity (Wildman–Crippen MR) is 83.3 cm³/mol. The Morgan fingerprint density at radius 2 is 1.43 bits per heavy atom. The van der Waals surface area contributed by atoms with Crippen molar-refractivity contribution in [2.45, 2.75) is 52.2 Å². The van der Waals surface area contributed by atoms with Crippen LogP contribution in [0, 0.1) is 5.92 Å². The van der Waals surface area contributed by atoms with Crippen LogP contribution in [0.15, 0.2) is 0 Å². The van der Waals surface area contributed by atoms with E-state index in [1.54, 1.807) is 0 Å².